The van der Waals surface area contributed by atoms with Gasteiger partial charge in [0.15, 0.2) is 0 Å². The van der Waals surface area contributed by atoms with Crippen LogP contribution in [-0.4, -0.2) is 30.9 Å². The first-order valence-electron chi connectivity index (χ1n) is 6.84. The number of benzene rings is 1. The van der Waals surface area contributed by atoms with E-state index < -0.39 is 5.60 Å². The Bertz CT molecular complexity index is 434. The van der Waals surface area contributed by atoms with Crippen LogP contribution < -0.4 is 9.64 Å². The van der Waals surface area contributed by atoms with Crippen molar-refractivity contribution in [2.24, 2.45) is 0 Å². The first kappa shape index (κ1) is 11.8. The Morgan fingerprint density at radius 1 is 1.28 bits per heavy atom. The van der Waals surface area contributed by atoms with Gasteiger partial charge in [-0.1, -0.05) is 0 Å². The monoisotopic (exact) mass is 247 g/mol. The van der Waals surface area contributed by atoms with Crippen molar-refractivity contribution in [1.29, 1.82) is 0 Å². The molecule has 0 aromatic heterocycles. The van der Waals surface area contributed by atoms with Crippen LogP contribution in [0.25, 0.3) is 0 Å². The molecule has 2 fully saturated rings. The fraction of sp³-hybridized carbons (Fsp3) is 0.600. The third-order valence-electron chi connectivity index (χ3n) is 4.08. The number of aliphatic hydroxyl groups is 1. The van der Waals surface area contributed by atoms with Gasteiger partial charge in [0.05, 0.1) is 12.7 Å². The van der Waals surface area contributed by atoms with Crippen molar-refractivity contribution >= 4 is 5.69 Å². The predicted molar refractivity (Wildman–Crippen MR) is 72.3 cm³/mol. The lowest BCUT2D eigenvalue weighted by molar-refractivity contribution is 0.150. The minimum Gasteiger partial charge on any atom is -0.496 e. The van der Waals surface area contributed by atoms with Crippen LogP contribution in [0.3, 0.4) is 0 Å². The highest BCUT2D eigenvalue weighted by Crippen LogP contribution is 2.41. The minimum atomic E-state index is -0.461. The van der Waals surface area contributed by atoms with Gasteiger partial charge in [-0.3, -0.25) is 0 Å². The van der Waals surface area contributed by atoms with E-state index >= 15 is 0 Å². The van der Waals surface area contributed by atoms with Crippen LogP contribution >= 0.6 is 0 Å². The zero-order chi connectivity index (χ0) is 12.6. The normalized spacial score (nSPS) is 21.1. The Morgan fingerprint density at radius 3 is 2.61 bits per heavy atom. The number of hydrogen-bond donors (Lipinski definition) is 1. The van der Waals surface area contributed by atoms with Gasteiger partial charge < -0.3 is 14.7 Å². The number of anilines is 1. The van der Waals surface area contributed by atoms with Crippen molar-refractivity contribution in [3.63, 3.8) is 0 Å². The van der Waals surface area contributed by atoms with E-state index in [1.807, 2.05) is 6.07 Å². The molecule has 1 heterocycles. The molecule has 1 aliphatic carbocycles. The van der Waals surface area contributed by atoms with Crippen LogP contribution in [0.2, 0.25) is 0 Å². The van der Waals surface area contributed by atoms with Gasteiger partial charge in [-0.25, -0.2) is 0 Å². The molecule has 0 spiro atoms. The lowest BCUT2D eigenvalue weighted by atomic mass is 10.0. The molecule has 3 nitrogen and oxygen atoms in total. The average molecular weight is 247 g/mol. The van der Waals surface area contributed by atoms with Crippen molar-refractivity contribution < 1.29 is 9.84 Å². The number of ether oxygens (including phenoxy) is 1. The molecule has 0 amide bonds. The van der Waals surface area contributed by atoms with Gasteiger partial charge in [-0.2, -0.15) is 0 Å². The van der Waals surface area contributed by atoms with Gasteiger partial charge in [0, 0.05) is 25.2 Å². The second-order valence-corrected chi connectivity index (χ2v) is 5.59. The van der Waals surface area contributed by atoms with Crippen LogP contribution in [0.1, 0.15) is 31.2 Å². The fourth-order valence-electron chi connectivity index (χ4n) is 2.75. The van der Waals surface area contributed by atoms with Crippen molar-refractivity contribution in [3.05, 3.63) is 23.8 Å². The molecule has 0 unspecified atom stereocenters. The molecule has 1 N–H and O–H groups in total. The molecule has 2 aliphatic rings. The summed E-state index contributed by atoms with van der Waals surface area (Å²) in [7, 11) is 1.70. The fourth-order valence-corrected chi connectivity index (χ4v) is 2.75. The molecule has 1 aromatic rings. The van der Waals surface area contributed by atoms with Gasteiger partial charge >= 0.3 is 0 Å². The molecule has 0 atom stereocenters. The topological polar surface area (TPSA) is 32.7 Å². The Labute approximate surface area is 108 Å². The Morgan fingerprint density at radius 2 is 2.00 bits per heavy atom. The van der Waals surface area contributed by atoms with Crippen molar-refractivity contribution in [2.45, 2.75) is 37.7 Å². The molecule has 0 bridgehead atoms. The lowest BCUT2D eigenvalue weighted by Crippen LogP contribution is -2.18. The molecule has 3 rings (SSSR count). The zero-order valence-electron chi connectivity index (χ0n) is 11.0. The summed E-state index contributed by atoms with van der Waals surface area (Å²) < 4.78 is 5.41. The lowest BCUT2D eigenvalue weighted by Gasteiger charge is -2.20. The highest BCUT2D eigenvalue weighted by molar-refractivity contribution is 5.54. The summed E-state index contributed by atoms with van der Waals surface area (Å²) in [5.41, 5.74) is 1.95. The minimum absolute atomic E-state index is 0.461. The second-order valence-electron chi connectivity index (χ2n) is 5.59. The average Bonchev–Trinajstić information content (AvgIpc) is 2.91. The Balaban J connectivity index is 1.85. The van der Waals surface area contributed by atoms with E-state index in [0.29, 0.717) is 0 Å². The molecular weight excluding hydrogens is 226 g/mol. The van der Waals surface area contributed by atoms with Crippen molar-refractivity contribution in [2.75, 3.05) is 25.1 Å². The van der Waals surface area contributed by atoms with Crippen LogP contribution in [-0.2, 0) is 6.42 Å². The largest absolute Gasteiger partial charge is 0.496 e. The Kier molecular flexibility index (Phi) is 2.94. The molecule has 1 aliphatic heterocycles. The molecule has 0 radical (unpaired) electrons. The van der Waals surface area contributed by atoms with Crippen LogP contribution in [0.4, 0.5) is 5.69 Å². The van der Waals surface area contributed by atoms with E-state index in [2.05, 4.69) is 17.0 Å². The van der Waals surface area contributed by atoms with E-state index in [4.69, 9.17) is 4.74 Å². The third kappa shape index (κ3) is 2.32. The van der Waals surface area contributed by atoms with E-state index in [-0.39, 0.29) is 0 Å². The SMILES string of the molecule is COc1ccc(N2CCCC2)cc1CC1(O)CC1. The second kappa shape index (κ2) is 4.47. The third-order valence-corrected chi connectivity index (χ3v) is 4.08. The Hall–Kier alpha value is -1.22. The van der Waals surface area contributed by atoms with E-state index in [1.54, 1.807) is 7.11 Å². The quantitative estimate of drug-likeness (QED) is 0.886. The summed E-state index contributed by atoms with van der Waals surface area (Å²) in [6, 6.07) is 6.36. The van der Waals surface area contributed by atoms with Gasteiger partial charge in [0.1, 0.15) is 5.75 Å². The van der Waals surface area contributed by atoms with Crippen LogP contribution in [0, 0.1) is 0 Å². The van der Waals surface area contributed by atoms with E-state index in [0.717, 1.165) is 43.7 Å². The van der Waals surface area contributed by atoms with Crippen molar-refractivity contribution in [3.8, 4) is 5.75 Å². The summed E-state index contributed by atoms with van der Waals surface area (Å²) in [5.74, 6) is 0.901. The predicted octanol–water partition coefficient (Wildman–Crippen LogP) is 2.36. The van der Waals surface area contributed by atoms with Crippen molar-refractivity contribution in [1.82, 2.24) is 0 Å². The molecule has 3 heteroatoms. The van der Waals surface area contributed by atoms with Crippen LogP contribution in [0.15, 0.2) is 18.2 Å². The summed E-state index contributed by atoms with van der Waals surface area (Å²) in [5, 5.41) is 10.1. The summed E-state index contributed by atoms with van der Waals surface area (Å²) in [6.45, 7) is 2.30. The standard InChI is InChI=1S/C15H21NO2/c1-18-14-5-4-13(16-8-2-3-9-16)10-12(14)11-15(17)6-7-15/h4-5,10,17H,2-3,6-9,11H2,1H3. The number of hydrogen-bond acceptors (Lipinski definition) is 3. The highest BCUT2D eigenvalue weighted by atomic mass is 16.5. The maximum Gasteiger partial charge on any atom is 0.122 e. The van der Waals surface area contributed by atoms with E-state index in [9.17, 15) is 5.11 Å². The molecule has 1 saturated carbocycles. The number of methoxy groups -OCH3 is 1. The van der Waals surface area contributed by atoms with E-state index in [1.165, 1.54) is 18.5 Å². The molecule has 1 saturated heterocycles. The maximum absolute atomic E-state index is 10.1. The van der Waals surface area contributed by atoms with Gasteiger partial charge in [0.25, 0.3) is 0 Å². The molecule has 18 heavy (non-hydrogen) atoms. The summed E-state index contributed by atoms with van der Waals surface area (Å²) in [4.78, 5) is 2.42. The molecular formula is C15H21NO2. The number of rotatable bonds is 4. The summed E-state index contributed by atoms with van der Waals surface area (Å²) in [6.07, 6.45) is 5.13. The highest BCUT2D eigenvalue weighted by Gasteiger charge is 2.40. The van der Waals surface area contributed by atoms with Gasteiger partial charge in [0.2, 0.25) is 0 Å². The van der Waals surface area contributed by atoms with Crippen LogP contribution in [0.5, 0.6) is 5.75 Å². The smallest absolute Gasteiger partial charge is 0.122 e. The first-order chi connectivity index (χ1) is 8.70. The first-order valence-corrected chi connectivity index (χ1v) is 6.84. The number of nitrogens with zero attached hydrogens (tertiary/aromatic N) is 1. The maximum atomic E-state index is 10.1. The van der Waals surface area contributed by atoms with Gasteiger partial charge in [-0.15, -0.1) is 0 Å². The van der Waals surface area contributed by atoms with Gasteiger partial charge in [-0.05, 0) is 49.4 Å². The molecule has 98 valence electrons. The molecule has 1 aromatic carbocycles. The zero-order valence-corrected chi connectivity index (χ0v) is 11.0. The summed E-state index contributed by atoms with van der Waals surface area (Å²) >= 11 is 0.